The molecule has 0 saturated carbocycles. The monoisotopic (exact) mass is 480 g/mol. The average Bonchev–Trinajstić information content (AvgIpc) is 3.15. The summed E-state index contributed by atoms with van der Waals surface area (Å²) in [6.45, 7) is 9.25. The maximum absolute atomic E-state index is 11.9. The Bertz CT molecular complexity index is 579. The first-order valence-electron chi connectivity index (χ1n) is 8.57. The molecule has 0 aromatic carbocycles. The Morgan fingerprint density at radius 3 is 2.88 bits per heavy atom. The quantitative estimate of drug-likeness (QED) is 0.223. The fraction of sp³-hybridized carbons (Fsp3) is 0.706. The summed E-state index contributed by atoms with van der Waals surface area (Å²) in [5, 5.41) is 6.60. The minimum absolute atomic E-state index is 0. The first-order valence-corrected chi connectivity index (χ1v) is 9.45. The average molecular weight is 480 g/mol. The first kappa shape index (κ1) is 22.1. The predicted octanol–water partition coefficient (Wildman–Crippen LogP) is 2.71. The summed E-state index contributed by atoms with van der Waals surface area (Å²) in [4.78, 5) is 23.2. The lowest BCUT2D eigenvalue weighted by atomic mass is 9.99. The number of halogens is 1. The predicted molar refractivity (Wildman–Crippen MR) is 113 cm³/mol. The van der Waals surface area contributed by atoms with E-state index in [1.54, 1.807) is 11.3 Å². The van der Waals surface area contributed by atoms with Crippen molar-refractivity contribution in [1.82, 2.24) is 15.2 Å². The van der Waals surface area contributed by atoms with Crippen LogP contribution in [-0.2, 0) is 16.0 Å². The number of guanidine groups is 1. The number of carbonyl (C=O) groups is 1. The number of esters is 1. The van der Waals surface area contributed by atoms with Crippen molar-refractivity contribution < 1.29 is 9.53 Å². The smallest absolute Gasteiger partial charge is 0.310 e. The van der Waals surface area contributed by atoms with Crippen LogP contribution < -0.4 is 5.32 Å². The van der Waals surface area contributed by atoms with Gasteiger partial charge in [0.1, 0.15) is 0 Å². The topological polar surface area (TPSA) is 66.8 Å². The second kappa shape index (κ2) is 10.9. The van der Waals surface area contributed by atoms with Gasteiger partial charge in [0.25, 0.3) is 0 Å². The summed E-state index contributed by atoms with van der Waals surface area (Å²) in [6, 6.07) is 0. The Hall–Kier alpha value is -0.900. The number of carbonyl (C=O) groups excluding carboxylic acids is 1. The third-order valence-corrected chi connectivity index (χ3v) is 5.25. The third kappa shape index (κ3) is 6.40. The Morgan fingerprint density at radius 1 is 1.52 bits per heavy atom. The van der Waals surface area contributed by atoms with Crippen LogP contribution >= 0.6 is 35.3 Å². The van der Waals surface area contributed by atoms with Gasteiger partial charge in [-0.15, -0.1) is 35.3 Å². The van der Waals surface area contributed by atoms with Crippen LogP contribution in [0.1, 0.15) is 31.0 Å². The maximum Gasteiger partial charge on any atom is 0.310 e. The van der Waals surface area contributed by atoms with Crippen molar-refractivity contribution in [3.63, 3.8) is 0 Å². The lowest BCUT2D eigenvalue weighted by Crippen LogP contribution is -2.40. The number of hydrogen-bond acceptors (Lipinski definition) is 5. The first-order chi connectivity index (χ1) is 11.5. The number of thiazole rings is 1. The SMILES string of the molecule is CCNC(=NCCCc1nc(C)cs1)N1CC(C)C(C(=O)OC)C1.I. The number of aliphatic imine (C=N–C) groups is 1. The van der Waals surface area contributed by atoms with Crippen molar-refractivity contribution in [3.8, 4) is 0 Å². The standard InChI is InChI=1S/C17H28N4O2S.HI/c1-5-18-17(19-8-6-7-15-20-13(3)11-24-15)21-9-12(2)14(10-21)16(22)23-4;/h11-12,14H,5-10H2,1-4H3,(H,18,19);1H. The molecule has 0 radical (unpaired) electrons. The molecular weight excluding hydrogens is 451 g/mol. The molecule has 25 heavy (non-hydrogen) atoms. The van der Waals surface area contributed by atoms with Gasteiger partial charge in [-0.3, -0.25) is 9.79 Å². The fourth-order valence-electron chi connectivity index (χ4n) is 2.96. The van der Waals surface area contributed by atoms with Crippen molar-refractivity contribution in [3.05, 3.63) is 16.1 Å². The van der Waals surface area contributed by atoms with E-state index in [-0.39, 0.29) is 41.8 Å². The highest BCUT2D eigenvalue weighted by atomic mass is 127. The molecule has 142 valence electrons. The van der Waals surface area contributed by atoms with Gasteiger partial charge in [0.05, 0.1) is 18.0 Å². The molecule has 2 rings (SSSR count). The number of nitrogens with zero attached hydrogens (tertiary/aromatic N) is 3. The van der Waals surface area contributed by atoms with Gasteiger partial charge in [-0.2, -0.15) is 0 Å². The molecule has 0 bridgehead atoms. The van der Waals surface area contributed by atoms with Gasteiger partial charge in [0.15, 0.2) is 5.96 Å². The fourth-order valence-corrected chi connectivity index (χ4v) is 3.77. The number of ether oxygens (including phenoxy) is 1. The lowest BCUT2D eigenvalue weighted by molar-refractivity contribution is -0.145. The molecule has 2 unspecified atom stereocenters. The van der Waals surface area contributed by atoms with Gasteiger partial charge in [-0.1, -0.05) is 6.92 Å². The Morgan fingerprint density at radius 2 is 2.28 bits per heavy atom. The van der Waals surface area contributed by atoms with E-state index in [0.29, 0.717) is 6.54 Å². The van der Waals surface area contributed by atoms with Crippen LogP contribution in [0.5, 0.6) is 0 Å². The molecule has 2 heterocycles. The van der Waals surface area contributed by atoms with Crippen LogP contribution in [0.15, 0.2) is 10.4 Å². The zero-order valence-electron chi connectivity index (χ0n) is 15.4. The maximum atomic E-state index is 11.9. The van der Waals surface area contributed by atoms with Crippen molar-refractivity contribution in [2.24, 2.45) is 16.8 Å². The zero-order chi connectivity index (χ0) is 17.5. The van der Waals surface area contributed by atoms with Crippen molar-refractivity contribution in [2.75, 3.05) is 33.3 Å². The molecule has 1 aliphatic rings. The summed E-state index contributed by atoms with van der Waals surface area (Å²) in [6.07, 6.45) is 1.94. The number of aromatic nitrogens is 1. The Labute approximate surface area is 171 Å². The zero-order valence-corrected chi connectivity index (χ0v) is 18.6. The van der Waals surface area contributed by atoms with Crippen LogP contribution in [0.4, 0.5) is 0 Å². The normalized spacial score (nSPS) is 20.3. The van der Waals surface area contributed by atoms with Crippen molar-refractivity contribution in [1.29, 1.82) is 0 Å². The second-order valence-electron chi connectivity index (χ2n) is 6.23. The summed E-state index contributed by atoms with van der Waals surface area (Å²) in [5.74, 6) is 0.975. The van der Waals surface area contributed by atoms with E-state index >= 15 is 0 Å². The molecule has 8 heteroatoms. The van der Waals surface area contributed by atoms with E-state index in [2.05, 4.69) is 34.4 Å². The molecule has 2 atom stereocenters. The highest BCUT2D eigenvalue weighted by molar-refractivity contribution is 14.0. The van der Waals surface area contributed by atoms with E-state index in [1.165, 1.54) is 12.1 Å². The number of hydrogen-bond donors (Lipinski definition) is 1. The third-order valence-electron chi connectivity index (χ3n) is 4.23. The van der Waals surface area contributed by atoms with Gasteiger partial charge < -0.3 is 15.0 Å². The molecule has 1 fully saturated rings. The van der Waals surface area contributed by atoms with E-state index in [9.17, 15) is 4.79 Å². The molecule has 1 aromatic heterocycles. The molecule has 0 spiro atoms. The number of methoxy groups -OCH3 is 1. The van der Waals surface area contributed by atoms with Crippen molar-refractivity contribution in [2.45, 2.75) is 33.6 Å². The summed E-state index contributed by atoms with van der Waals surface area (Å²) in [5.41, 5.74) is 1.09. The van der Waals surface area contributed by atoms with Crippen LogP contribution in [-0.4, -0.2) is 55.1 Å². The number of likely N-dealkylation sites (tertiary alicyclic amines) is 1. The highest BCUT2D eigenvalue weighted by Gasteiger charge is 2.36. The number of rotatable bonds is 6. The van der Waals surface area contributed by atoms with Gasteiger partial charge in [-0.25, -0.2) is 4.98 Å². The van der Waals surface area contributed by atoms with E-state index < -0.39 is 0 Å². The summed E-state index contributed by atoms with van der Waals surface area (Å²) in [7, 11) is 1.46. The van der Waals surface area contributed by atoms with Gasteiger partial charge in [0, 0.05) is 43.7 Å². The molecular formula is C17H29IN4O2S. The summed E-state index contributed by atoms with van der Waals surface area (Å²) >= 11 is 1.71. The molecule has 1 aromatic rings. The van der Waals surface area contributed by atoms with Gasteiger partial charge in [0.2, 0.25) is 0 Å². The lowest BCUT2D eigenvalue weighted by Gasteiger charge is -2.21. The van der Waals surface area contributed by atoms with Crippen LogP contribution in [0.2, 0.25) is 0 Å². The number of nitrogens with one attached hydrogen (secondary N) is 1. The largest absolute Gasteiger partial charge is 0.469 e. The van der Waals surface area contributed by atoms with E-state index in [1.807, 2.05) is 6.92 Å². The molecule has 1 saturated heterocycles. The minimum atomic E-state index is -0.125. The van der Waals surface area contributed by atoms with Crippen LogP contribution in [0.25, 0.3) is 0 Å². The van der Waals surface area contributed by atoms with E-state index in [0.717, 1.165) is 44.1 Å². The number of aryl methyl sites for hydroxylation is 2. The molecule has 0 amide bonds. The summed E-state index contributed by atoms with van der Waals surface area (Å²) < 4.78 is 4.91. The highest BCUT2D eigenvalue weighted by Crippen LogP contribution is 2.24. The van der Waals surface area contributed by atoms with Crippen molar-refractivity contribution >= 4 is 47.2 Å². The molecule has 6 nitrogen and oxygen atoms in total. The Balaban J connectivity index is 0.00000312. The second-order valence-corrected chi connectivity index (χ2v) is 7.18. The van der Waals surface area contributed by atoms with Gasteiger partial charge >= 0.3 is 5.97 Å². The Kier molecular flexibility index (Phi) is 9.70. The van der Waals surface area contributed by atoms with Gasteiger partial charge in [-0.05, 0) is 26.2 Å². The molecule has 1 N–H and O–H groups in total. The molecule has 1 aliphatic heterocycles. The van der Waals surface area contributed by atoms with Crippen LogP contribution in [0, 0.1) is 18.8 Å². The molecule has 0 aliphatic carbocycles. The van der Waals surface area contributed by atoms with Crippen LogP contribution in [0.3, 0.4) is 0 Å². The minimum Gasteiger partial charge on any atom is -0.469 e. The van der Waals surface area contributed by atoms with E-state index in [4.69, 9.17) is 9.73 Å².